The summed E-state index contributed by atoms with van der Waals surface area (Å²) in [4.78, 5) is 16.9. The van der Waals surface area contributed by atoms with Gasteiger partial charge < -0.3 is 10.6 Å². The largest absolute Gasteiger partial charge is 0.373 e. The minimum atomic E-state index is -0.0212. The highest BCUT2D eigenvalue weighted by molar-refractivity contribution is 5.95. The number of hydrogen-bond acceptors (Lipinski definition) is 3. The lowest BCUT2D eigenvalue weighted by Crippen LogP contribution is -2.33. The molecule has 1 amide bonds. The van der Waals surface area contributed by atoms with Crippen LogP contribution in [0.3, 0.4) is 0 Å². The van der Waals surface area contributed by atoms with Crippen LogP contribution in [0.2, 0.25) is 0 Å². The van der Waals surface area contributed by atoms with Crippen LogP contribution in [-0.4, -0.2) is 24.0 Å². The van der Waals surface area contributed by atoms with Crippen LogP contribution in [0.5, 0.6) is 0 Å². The molecule has 0 aliphatic carbocycles. The molecule has 0 aromatic carbocycles. The zero-order chi connectivity index (χ0) is 16.0. The molecule has 0 bridgehead atoms. The maximum atomic E-state index is 12.4. The molecule has 0 saturated heterocycles. The molecule has 4 heteroatoms. The second-order valence-corrected chi connectivity index (χ2v) is 6.42. The van der Waals surface area contributed by atoms with Gasteiger partial charge in [-0.1, -0.05) is 27.7 Å². The zero-order valence-corrected chi connectivity index (χ0v) is 14.2. The van der Waals surface area contributed by atoms with E-state index in [0.29, 0.717) is 17.4 Å². The molecular weight excluding hydrogens is 262 g/mol. The zero-order valence-electron chi connectivity index (χ0n) is 14.2. The molecule has 0 aliphatic rings. The lowest BCUT2D eigenvalue weighted by Gasteiger charge is -2.16. The van der Waals surface area contributed by atoms with Gasteiger partial charge in [0.05, 0.1) is 0 Å². The van der Waals surface area contributed by atoms with Crippen molar-refractivity contribution in [2.45, 2.75) is 59.4 Å². The fourth-order valence-electron chi connectivity index (χ4n) is 2.07. The summed E-state index contributed by atoms with van der Waals surface area (Å²) < 4.78 is 0. The van der Waals surface area contributed by atoms with Crippen molar-refractivity contribution in [3.8, 4) is 0 Å². The van der Waals surface area contributed by atoms with Crippen molar-refractivity contribution >= 4 is 11.7 Å². The summed E-state index contributed by atoms with van der Waals surface area (Å²) in [5.41, 5.74) is 1.61. The Hall–Kier alpha value is -1.58. The minimum absolute atomic E-state index is 0.0212. The number of carbonyl (C=O) groups excluding carboxylic acids is 1. The monoisotopic (exact) mass is 291 g/mol. The van der Waals surface area contributed by atoms with E-state index in [1.165, 1.54) is 0 Å². The number of pyridine rings is 1. The summed E-state index contributed by atoms with van der Waals surface area (Å²) in [6.45, 7) is 10.6. The van der Waals surface area contributed by atoms with E-state index in [1.807, 2.05) is 13.1 Å². The van der Waals surface area contributed by atoms with Crippen LogP contribution >= 0.6 is 0 Å². The third-order valence-electron chi connectivity index (χ3n) is 3.51. The van der Waals surface area contributed by atoms with E-state index < -0.39 is 0 Å². The van der Waals surface area contributed by atoms with Gasteiger partial charge in [0, 0.05) is 24.3 Å². The molecule has 0 aliphatic heterocycles. The lowest BCUT2D eigenvalue weighted by molar-refractivity contribution is 0.0937. The van der Waals surface area contributed by atoms with Crippen LogP contribution in [0.15, 0.2) is 12.1 Å². The van der Waals surface area contributed by atoms with Gasteiger partial charge in [0.15, 0.2) is 0 Å². The van der Waals surface area contributed by atoms with Crippen LogP contribution in [0.4, 0.5) is 5.82 Å². The predicted molar refractivity (Wildman–Crippen MR) is 88.9 cm³/mol. The van der Waals surface area contributed by atoms with Crippen LogP contribution < -0.4 is 10.6 Å². The van der Waals surface area contributed by atoms with Crippen molar-refractivity contribution in [2.75, 3.05) is 12.4 Å². The Morgan fingerprint density at radius 3 is 2.33 bits per heavy atom. The molecule has 1 heterocycles. The van der Waals surface area contributed by atoms with E-state index in [1.54, 1.807) is 6.07 Å². The summed E-state index contributed by atoms with van der Waals surface area (Å²) in [7, 11) is 1.82. The lowest BCUT2D eigenvalue weighted by atomic mass is 10.0. The summed E-state index contributed by atoms with van der Waals surface area (Å²) >= 11 is 0. The number of nitrogens with zero attached hydrogens (tertiary/aromatic N) is 1. The molecule has 1 aromatic heterocycles. The molecule has 21 heavy (non-hydrogen) atoms. The number of nitrogens with one attached hydrogen (secondary N) is 2. The van der Waals surface area contributed by atoms with Gasteiger partial charge in [-0.3, -0.25) is 4.79 Å². The second-order valence-electron chi connectivity index (χ2n) is 6.42. The van der Waals surface area contributed by atoms with E-state index in [0.717, 1.165) is 24.4 Å². The fraction of sp³-hybridized carbons (Fsp3) is 0.647. The van der Waals surface area contributed by atoms with Crippen LogP contribution in [0.1, 0.15) is 69.4 Å². The van der Waals surface area contributed by atoms with Gasteiger partial charge in [-0.2, -0.15) is 0 Å². The van der Waals surface area contributed by atoms with Gasteiger partial charge in [-0.15, -0.1) is 0 Å². The number of aromatic nitrogens is 1. The molecule has 1 aromatic rings. The molecule has 1 unspecified atom stereocenters. The average Bonchev–Trinajstić information content (AvgIpc) is 2.44. The van der Waals surface area contributed by atoms with E-state index in [2.05, 4.69) is 50.2 Å². The number of carbonyl (C=O) groups is 1. The number of amides is 1. The molecule has 4 nitrogen and oxygen atoms in total. The Morgan fingerprint density at radius 1 is 1.14 bits per heavy atom. The summed E-state index contributed by atoms with van der Waals surface area (Å²) in [5, 5.41) is 6.09. The third kappa shape index (κ3) is 5.74. The molecule has 0 saturated carbocycles. The minimum Gasteiger partial charge on any atom is -0.373 e. The average molecular weight is 291 g/mol. The topological polar surface area (TPSA) is 54.0 Å². The Morgan fingerprint density at radius 2 is 1.81 bits per heavy atom. The molecule has 1 atom stereocenters. The van der Waals surface area contributed by atoms with Gasteiger partial charge in [-0.05, 0) is 43.7 Å². The first-order valence-electron chi connectivity index (χ1n) is 7.84. The smallest absolute Gasteiger partial charge is 0.251 e. The Balaban J connectivity index is 2.79. The third-order valence-corrected chi connectivity index (χ3v) is 3.51. The van der Waals surface area contributed by atoms with Crippen molar-refractivity contribution in [1.82, 2.24) is 10.3 Å². The first-order valence-corrected chi connectivity index (χ1v) is 7.84. The standard InChI is InChI=1S/C17H29N3O/c1-11(2)7-8-13(5)19-17(21)14-9-15(12(3)4)20-16(10-14)18-6/h9-13H,7-8H2,1-6H3,(H,18,20)(H,19,21). The fourth-order valence-corrected chi connectivity index (χ4v) is 2.07. The quantitative estimate of drug-likeness (QED) is 0.803. The molecular formula is C17H29N3O. The van der Waals surface area contributed by atoms with Crippen molar-refractivity contribution in [3.05, 3.63) is 23.4 Å². The van der Waals surface area contributed by atoms with Crippen molar-refractivity contribution in [3.63, 3.8) is 0 Å². The Kier molecular flexibility index (Phi) is 6.66. The Bertz CT molecular complexity index is 469. The van der Waals surface area contributed by atoms with Gasteiger partial charge >= 0.3 is 0 Å². The first kappa shape index (κ1) is 17.5. The molecule has 0 fully saturated rings. The van der Waals surface area contributed by atoms with Crippen molar-refractivity contribution in [1.29, 1.82) is 0 Å². The Labute approximate surface area is 128 Å². The van der Waals surface area contributed by atoms with Crippen molar-refractivity contribution in [2.24, 2.45) is 5.92 Å². The number of anilines is 1. The highest BCUT2D eigenvalue weighted by Crippen LogP contribution is 2.17. The molecule has 0 spiro atoms. The number of rotatable bonds is 7. The molecule has 0 radical (unpaired) electrons. The van der Waals surface area contributed by atoms with Gasteiger partial charge in [0.25, 0.3) is 5.91 Å². The van der Waals surface area contributed by atoms with E-state index in [9.17, 15) is 4.79 Å². The van der Waals surface area contributed by atoms with E-state index in [-0.39, 0.29) is 11.9 Å². The SMILES string of the molecule is CNc1cc(C(=O)NC(C)CCC(C)C)cc(C(C)C)n1. The highest BCUT2D eigenvalue weighted by atomic mass is 16.1. The number of hydrogen-bond donors (Lipinski definition) is 2. The predicted octanol–water partition coefficient (Wildman–Crippen LogP) is 3.80. The second kappa shape index (κ2) is 8.01. The van der Waals surface area contributed by atoms with Gasteiger partial charge in [0.2, 0.25) is 0 Å². The molecule has 118 valence electrons. The summed E-state index contributed by atoms with van der Waals surface area (Å²) in [6.07, 6.45) is 2.13. The van der Waals surface area contributed by atoms with Gasteiger partial charge in [0.1, 0.15) is 5.82 Å². The first-order chi connectivity index (χ1) is 9.83. The van der Waals surface area contributed by atoms with Crippen LogP contribution in [0.25, 0.3) is 0 Å². The van der Waals surface area contributed by atoms with Crippen LogP contribution in [-0.2, 0) is 0 Å². The molecule has 1 rings (SSSR count). The highest BCUT2D eigenvalue weighted by Gasteiger charge is 2.14. The summed E-state index contributed by atoms with van der Waals surface area (Å²) in [6, 6.07) is 3.88. The van der Waals surface area contributed by atoms with Crippen molar-refractivity contribution < 1.29 is 4.79 Å². The molecule has 2 N–H and O–H groups in total. The van der Waals surface area contributed by atoms with Gasteiger partial charge in [-0.25, -0.2) is 4.98 Å². The van der Waals surface area contributed by atoms with E-state index >= 15 is 0 Å². The normalized spacial score (nSPS) is 12.6. The van der Waals surface area contributed by atoms with Crippen LogP contribution in [0, 0.1) is 5.92 Å². The maximum Gasteiger partial charge on any atom is 0.251 e. The van der Waals surface area contributed by atoms with E-state index in [4.69, 9.17) is 0 Å². The summed E-state index contributed by atoms with van der Waals surface area (Å²) in [5.74, 6) is 1.67. The maximum absolute atomic E-state index is 12.4.